The van der Waals surface area contributed by atoms with Crippen molar-refractivity contribution >= 4 is 5.91 Å². The molecule has 0 bridgehead atoms. The number of hydrogen-bond donors (Lipinski definition) is 1. The van der Waals surface area contributed by atoms with Crippen molar-refractivity contribution in [2.24, 2.45) is 5.41 Å². The van der Waals surface area contributed by atoms with Crippen LogP contribution in [-0.4, -0.2) is 35.1 Å². The van der Waals surface area contributed by atoms with E-state index in [9.17, 15) is 9.90 Å². The molecule has 0 aliphatic heterocycles. The SMILES string of the molecule is CCC1(C(=O)N(C)C(C)(C)CO)CCCC1. The van der Waals surface area contributed by atoms with Crippen molar-refractivity contribution in [2.45, 2.75) is 58.4 Å². The minimum absolute atomic E-state index is 0.00896. The fourth-order valence-electron chi connectivity index (χ4n) is 2.51. The molecule has 1 saturated carbocycles. The summed E-state index contributed by atoms with van der Waals surface area (Å²) < 4.78 is 0. The van der Waals surface area contributed by atoms with Gasteiger partial charge in [0, 0.05) is 12.5 Å². The van der Waals surface area contributed by atoms with E-state index in [1.807, 2.05) is 20.9 Å². The fraction of sp³-hybridized carbons (Fsp3) is 0.923. The smallest absolute Gasteiger partial charge is 0.229 e. The molecule has 1 rings (SSSR count). The number of likely N-dealkylation sites (N-methyl/N-ethyl adjacent to an activating group) is 1. The Morgan fingerprint density at radius 2 is 1.88 bits per heavy atom. The Kier molecular flexibility index (Phi) is 4.00. The number of amides is 1. The molecule has 0 heterocycles. The van der Waals surface area contributed by atoms with Crippen molar-refractivity contribution in [3.8, 4) is 0 Å². The first-order valence-corrected chi connectivity index (χ1v) is 6.29. The summed E-state index contributed by atoms with van der Waals surface area (Å²) in [7, 11) is 1.81. The molecule has 1 N–H and O–H groups in total. The Hall–Kier alpha value is -0.570. The van der Waals surface area contributed by atoms with Crippen LogP contribution in [0.3, 0.4) is 0 Å². The summed E-state index contributed by atoms with van der Waals surface area (Å²) in [4.78, 5) is 14.3. The summed E-state index contributed by atoms with van der Waals surface area (Å²) in [6.07, 6.45) is 5.25. The molecule has 1 aliphatic carbocycles. The lowest BCUT2D eigenvalue weighted by atomic mass is 9.81. The standard InChI is InChI=1S/C13H25NO2/c1-5-13(8-6-7-9-13)11(16)14(4)12(2,3)10-15/h15H,5-10H2,1-4H3. The van der Waals surface area contributed by atoms with Crippen molar-refractivity contribution in [3.05, 3.63) is 0 Å². The van der Waals surface area contributed by atoms with E-state index in [-0.39, 0.29) is 17.9 Å². The Bertz CT molecular complexity index is 255. The maximum Gasteiger partial charge on any atom is 0.229 e. The van der Waals surface area contributed by atoms with Gasteiger partial charge in [-0.25, -0.2) is 0 Å². The van der Waals surface area contributed by atoms with Gasteiger partial charge >= 0.3 is 0 Å². The van der Waals surface area contributed by atoms with Crippen LogP contribution in [0.15, 0.2) is 0 Å². The van der Waals surface area contributed by atoms with Crippen LogP contribution in [0.2, 0.25) is 0 Å². The van der Waals surface area contributed by atoms with Crippen molar-refractivity contribution in [3.63, 3.8) is 0 Å². The molecule has 0 atom stereocenters. The average molecular weight is 227 g/mol. The molecule has 1 fully saturated rings. The van der Waals surface area contributed by atoms with Crippen molar-refractivity contribution in [1.82, 2.24) is 4.90 Å². The van der Waals surface area contributed by atoms with E-state index in [1.54, 1.807) is 4.90 Å². The summed E-state index contributed by atoms with van der Waals surface area (Å²) in [5.74, 6) is 0.214. The number of rotatable bonds is 4. The molecule has 0 unspecified atom stereocenters. The zero-order valence-electron chi connectivity index (χ0n) is 11.0. The number of carbonyl (C=O) groups is 1. The third kappa shape index (κ3) is 2.24. The predicted molar refractivity (Wildman–Crippen MR) is 65.1 cm³/mol. The Balaban J connectivity index is 2.84. The summed E-state index contributed by atoms with van der Waals surface area (Å²) in [6, 6.07) is 0. The number of aliphatic hydroxyl groups excluding tert-OH is 1. The Labute approximate surface area is 98.8 Å². The summed E-state index contributed by atoms with van der Waals surface area (Å²) in [5.41, 5.74) is -0.608. The lowest BCUT2D eigenvalue weighted by molar-refractivity contribution is -0.147. The highest BCUT2D eigenvalue weighted by atomic mass is 16.3. The summed E-state index contributed by atoms with van der Waals surface area (Å²) >= 11 is 0. The topological polar surface area (TPSA) is 40.5 Å². The maximum atomic E-state index is 12.5. The van der Waals surface area contributed by atoms with Crippen LogP contribution in [0.4, 0.5) is 0 Å². The minimum atomic E-state index is -0.457. The molecule has 0 aromatic carbocycles. The van der Waals surface area contributed by atoms with Crippen LogP contribution in [0, 0.1) is 5.41 Å². The van der Waals surface area contributed by atoms with Gasteiger partial charge in [-0.1, -0.05) is 19.8 Å². The zero-order valence-corrected chi connectivity index (χ0v) is 11.0. The Morgan fingerprint density at radius 1 is 1.38 bits per heavy atom. The van der Waals surface area contributed by atoms with Crippen LogP contribution in [0.5, 0.6) is 0 Å². The first kappa shape index (κ1) is 13.5. The van der Waals surface area contributed by atoms with Crippen LogP contribution in [-0.2, 0) is 4.79 Å². The number of carbonyl (C=O) groups excluding carboxylic acids is 1. The predicted octanol–water partition coefficient (Wildman–Crippen LogP) is 2.19. The zero-order chi connectivity index (χ0) is 12.4. The van der Waals surface area contributed by atoms with E-state index in [1.165, 1.54) is 0 Å². The Morgan fingerprint density at radius 3 is 2.25 bits per heavy atom. The summed E-state index contributed by atoms with van der Waals surface area (Å²) in [5, 5.41) is 9.32. The second-order valence-corrected chi connectivity index (χ2v) is 5.68. The van der Waals surface area contributed by atoms with Crippen molar-refractivity contribution in [2.75, 3.05) is 13.7 Å². The van der Waals surface area contributed by atoms with Gasteiger partial charge in [0.25, 0.3) is 0 Å². The van der Waals surface area contributed by atoms with Gasteiger partial charge in [0.15, 0.2) is 0 Å². The molecule has 0 aromatic rings. The maximum absolute atomic E-state index is 12.5. The second-order valence-electron chi connectivity index (χ2n) is 5.68. The van der Waals surface area contributed by atoms with Crippen LogP contribution < -0.4 is 0 Å². The lowest BCUT2D eigenvalue weighted by Gasteiger charge is -2.40. The van der Waals surface area contributed by atoms with Crippen molar-refractivity contribution < 1.29 is 9.90 Å². The molecule has 0 spiro atoms. The van der Waals surface area contributed by atoms with Gasteiger partial charge in [0.2, 0.25) is 5.91 Å². The first-order valence-electron chi connectivity index (χ1n) is 6.29. The molecule has 16 heavy (non-hydrogen) atoms. The van der Waals surface area contributed by atoms with E-state index in [2.05, 4.69) is 6.92 Å². The van der Waals surface area contributed by atoms with Crippen LogP contribution >= 0.6 is 0 Å². The number of nitrogens with zero attached hydrogens (tertiary/aromatic N) is 1. The van der Waals surface area contributed by atoms with E-state index in [4.69, 9.17) is 0 Å². The van der Waals surface area contributed by atoms with Gasteiger partial charge in [-0.2, -0.15) is 0 Å². The highest BCUT2D eigenvalue weighted by Crippen LogP contribution is 2.43. The van der Waals surface area contributed by atoms with Crippen molar-refractivity contribution in [1.29, 1.82) is 0 Å². The highest BCUT2D eigenvalue weighted by Gasteiger charge is 2.43. The van der Waals surface area contributed by atoms with Gasteiger partial charge in [-0.15, -0.1) is 0 Å². The quantitative estimate of drug-likeness (QED) is 0.799. The van der Waals surface area contributed by atoms with Gasteiger partial charge in [0.1, 0.15) is 0 Å². The molecular weight excluding hydrogens is 202 g/mol. The summed E-state index contributed by atoms with van der Waals surface area (Å²) in [6.45, 7) is 5.92. The van der Waals surface area contributed by atoms with Crippen LogP contribution in [0.1, 0.15) is 52.9 Å². The monoisotopic (exact) mass is 227 g/mol. The minimum Gasteiger partial charge on any atom is -0.394 e. The van der Waals surface area contributed by atoms with E-state index < -0.39 is 5.54 Å². The first-order chi connectivity index (χ1) is 7.39. The third-order valence-electron chi connectivity index (χ3n) is 4.29. The van der Waals surface area contributed by atoms with E-state index in [0.29, 0.717) is 0 Å². The van der Waals surface area contributed by atoms with Crippen LogP contribution in [0.25, 0.3) is 0 Å². The fourth-order valence-corrected chi connectivity index (χ4v) is 2.51. The molecule has 1 aliphatic rings. The molecular formula is C13H25NO2. The van der Waals surface area contributed by atoms with E-state index in [0.717, 1.165) is 32.1 Å². The molecule has 0 aromatic heterocycles. The molecule has 0 saturated heterocycles. The lowest BCUT2D eigenvalue weighted by Crippen LogP contribution is -2.52. The third-order valence-corrected chi connectivity index (χ3v) is 4.29. The van der Waals surface area contributed by atoms with E-state index >= 15 is 0 Å². The molecule has 3 heteroatoms. The van der Waals surface area contributed by atoms with Gasteiger partial charge in [0.05, 0.1) is 12.1 Å². The molecule has 94 valence electrons. The van der Waals surface area contributed by atoms with Gasteiger partial charge < -0.3 is 10.0 Å². The van der Waals surface area contributed by atoms with Gasteiger partial charge in [-0.3, -0.25) is 4.79 Å². The number of aliphatic hydroxyl groups is 1. The normalized spacial score (nSPS) is 19.8. The average Bonchev–Trinajstić information content (AvgIpc) is 2.76. The molecule has 1 amide bonds. The number of hydrogen-bond acceptors (Lipinski definition) is 2. The second kappa shape index (κ2) is 4.74. The largest absolute Gasteiger partial charge is 0.394 e. The van der Waals surface area contributed by atoms with Gasteiger partial charge in [-0.05, 0) is 33.1 Å². The highest BCUT2D eigenvalue weighted by molar-refractivity contribution is 5.83. The molecule has 3 nitrogen and oxygen atoms in total. The molecule has 0 radical (unpaired) electrons.